The van der Waals surface area contributed by atoms with Gasteiger partial charge in [0.15, 0.2) is 17.3 Å². The molecule has 0 aliphatic carbocycles. The number of benzene rings is 3. The topological polar surface area (TPSA) is 75.3 Å². The second-order valence-corrected chi connectivity index (χ2v) is 7.82. The number of rotatable bonds is 11. The summed E-state index contributed by atoms with van der Waals surface area (Å²) in [6.45, 7) is 0. The van der Waals surface area contributed by atoms with Crippen molar-refractivity contribution in [2.75, 3.05) is 40.9 Å². The van der Waals surface area contributed by atoms with Crippen LogP contribution in [0.5, 0.6) is 28.7 Å². The number of halogens is 1. The van der Waals surface area contributed by atoms with Crippen molar-refractivity contribution in [1.29, 1.82) is 0 Å². The standard InChI is InChI=1S/C28H28ClNO6/c1-32-24-9-7-6-8-20(24)23(31)12-13-30-22-17-25(33-2)21(29)16-19(22)11-10-18-14-26(34-3)28(36-5)27(15-18)35-4/h6-17,30H,1-5H3. The Morgan fingerprint density at radius 1 is 0.778 bits per heavy atom. The normalized spacial score (nSPS) is 10.9. The molecule has 0 aliphatic rings. The lowest BCUT2D eigenvalue weighted by Gasteiger charge is -2.13. The Hall–Kier alpha value is -4.10. The third-order valence-electron chi connectivity index (χ3n) is 5.31. The van der Waals surface area contributed by atoms with Crippen LogP contribution in [0.3, 0.4) is 0 Å². The van der Waals surface area contributed by atoms with Crippen molar-refractivity contribution in [1.82, 2.24) is 0 Å². The smallest absolute Gasteiger partial charge is 0.203 e. The third kappa shape index (κ3) is 6.12. The van der Waals surface area contributed by atoms with E-state index in [1.807, 2.05) is 30.4 Å². The van der Waals surface area contributed by atoms with E-state index >= 15 is 0 Å². The number of carbonyl (C=O) groups excluding carboxylic acids is 1. The van der Waals surface area contributed by atoms with Gasteiger partial charge in [-0.2, -0.15) is 0 Å². The third-order valence-corrected chi connectivity index (χ3v) is 5.61. The molecule has 0 aromatic heterocycles. The van der Waals surface area contributed by atoms with Crippen LogP contribution in [-0.4, -0.2) is 41.3 Å². The van der Waals surface area contributed by atoms with E-state index in [1.165, 1.54) is 20.3 Å². The number of hydrogen-bond acceptors (Lipinski definition) is 7. The van der Waals surface area contributed by atoms with Crippen LogP contribution in [0.15, 0.2) is 60.8 Å². The van der Waals surface area contributed by atoms with Crippen molar-refractivity contribution >= 4 is 35.2 Å². The second-order valence-electron chi connectivity index (χ2n) is 7.41. The summed E-state index contributed by atoms with van der Waals surface area (Å²) in [5.74, 6) is 2.40. The highest BCUT2D eigenvalue weighted by Gasteiger charge is 2.13. The molecule has 0 heterocycles. The summed E-state index contributed by atoms with van der Waals surface area (Å²) in [7, 11) is 7.75. The summed E-state index contributed by atoms with van der Waals surface area (Å²) in [6.07, 6.45) is 6.77. The fourth-order valence-electron chi connectivity index (χ4n) is 3.52. The average Bonchev–Trinajstić information content (AvgIpc) is 2.91. The average molecular weight is 510 g/mol. The summed E-state index contributed by atoms with van der Waals surface area (Å²) in [5.41, 5.74) is 2.74. The molecule has 0 bridgehead atoms. The maximum absolute atomic E-state index is 12.7. The highest BCUT2D eigenvalue weighted by molar-refractivity contribution is 6.32. The summed E-state index contributed by atoms with van der Waals surface area (Å²) >= 11 is 6.39. The zero-order valence-electron chi connectivity index (χ0n) is 20.8. The van der Waals surface area contributed by atoms with Gasteiger partial charge in [-0.1, -0.05) is 35.9 Å². The van der Waals surface area contributed by atoms with Gasteiger partial charge in [0.05, 0.1) is 46.1 Å². The molecule has 1 N–H and O–H groups in total. The molecule has 3 rings (SSSR count). The van der Waals surface area contributed by atoms with Crippen LogP contribution >= 0.6 is 11.6 Å². The molecular formula is C28H28ClNO6. The van der Waals surface area contributed by atoms with Gasteiger partial charge < -0.3 is 29.0 Å². The van der Waals surface area contributed by atoms with E-state index < -0.39 is 0 Å². The predicted molar refractivity (Wildman–Crippen MR) is 143 cm³/mol. The van der Waals surface area contributed by atoms with Crippen molar-refractivity contribution in [3.8, 4) is 28.7 Å². The molecule has 36 heavy (non-hydrogen) atoms. The van der Waals surface area contributed by atoms with Crippen LogP contribution in [0.25, 0.3) is 12.2 Å². The number of ketones is 1. The number of methoxy groups -OCH3 is 5. The highest BCUT2D eigenvalue weighted by Crippen LogP contribution is 2.39. The van der Waals surface area contributed by atoms with Crippen LogP contribution in [0.4, 0.5) is 5.69 Å². The number of nitrogens with one attached hydrogen (secondary N) is 1. The number of carbonyl (C=O) groups is 1. The Kier molecular flexibility index (Phi) is 9.25. The van der Waals surface area contributed by atoms with Crippen molar-refractivity contribution in [2.45, 2.75) is 0 Å². The van der Waals surface area contributed by atoms with Gasteiger partial charge >= 0.3 is 0 Å². The molecule has 0 radical (unpaired) electrons. The number of ether oxygens (including phenoxy) is 5. The first-order valence-electron chi connectivity index (χ1n) is 10.9. The van der Waals surface area contributed by atoms with Crippen molar-refractivity contribution in [3.63, 3.8) is 0 Å². The summed E-state index contributed by atoms with van der Waals surface area (Å²) in [4.78, 5) is 12.7. The molecule has 0 fully saturated rings. The lowest BCUT2D eigenvalue weighted by Crippen LogP contribution is -2.00. The Bertz CT molecular complexity index is 1260. The minimum atomic E-state index is -0.199. The molecule has 0 spiro atoms. The van der Waals surface area contributed by atoms with Crippen molar-refractivity contribution in [3.05, 3.63) is 82.5 Å². The lowest BCUT2D eigenvalue weighted by atomic mass is 10.1. The van der Waals surface area contributed by atoms with E-state index in [0.29, 0.717) is 45.0 Å². The zero-order chi connectivity index (χ0) is 26.1. The van der Waals surface area contributed by atoms with Crippen molar-refractivity contribution < 1.29 is 28.5 Å². The molecule has 3 aromatic rings. The van der Waals surface area contributed by atoms with Crippen LogP contribution in [0, 0.1) is 0 Å². The molecule has 0 saturated carbocycles. The fourth-order valence-corrected chi connectivity index (χ4v) is 3.77. The number of para-hydroxylation sites is 1. The first-order valence-corrected chi connectivity index (χ1v) is 11.3. The monoisotopic (exact) mass is 509 g/mol. The Morgan fingerprint density at radius 3 is 2.03 bits per heavy atom. The summed E-state index contributed by atoms with van der Waals surface area (Å²) in [5, 5.41) is 3.60. The fraction of sp³-hybridized carbons (Fsp3) is 0.179. The van der Waals surface area contributed by atoms with E-state index in [-0.39, 0.29) is 5.78 Å². The van der Waals surface area contributed by atoms with Crippen LogP contribution in [0.1, 0.15) is 21.5 Å². The molecular weight excluding hydrogens is 482 g/mol. The number of anilines is 1. The number of hydrogen-bond donors (Lipinski definition) is 1. The molecule has 0 saturated heterocycles. The predicted octanol–water partition coefficient (Wildman–Crippen LogP) is 6.36. The Morgan fingerprint density at radius 2 is 1.42 bits per heavy atom. The van der Waals surface area contributed by atoms with Crippen molar-refractivity contribution in [2.24, 2.45) is 0 Å². The van der Waals surface area contributed by atoms with Gasteiger partial charge in [0.2, 0.25) is 5.75 Å². The molecule has 3 aromatic carbocycles. The maximum Gasteiger partial charge on any atom is 0.203 e. The minimum Gasteiger partial charge on any atom is -0.496 e. The first-order chi connectivity index (χ1) is 17.4. The molecule has 0 amide bonds. The van der Waals surface area contributed by atoms with Crippen LogP contribution in [-0.2, 0) is 0 Å². The van der Waals surface area contributed by atoms with E-state index in [1.54, 1.807) is 57.9 Å². The van der Waals surface area contributed by atoms with Crippen LogP contribution < -0.4 is 29.0 Å². The largest absolute Gasteiger partial charge is 0.496 e. The van der Waals surface area contributed by atoms with Gasteiger partial charge in [-0.05, 0) is 41.5 Å². The maximum atomic E-state index is 12.7. The van der Waals surface area contributed by atoms with Gasteiger partial charge in [-0.3, -0.25) is 4.79 Å². The van der Waals surface area contributed by atoms with Crippen LogP contribution in [0.2, 0.25) is 5.02 Å². The van der Waals surface area contributed by atoms with E-state index in [2.05, 4.69) is 5.32 Å². The minimum absolute atomic E-state index is 0.199. The summed E-state index contributed by atoms with van der Waals surface area (Å²) in [6, 6.07) is 14.2. The Balaban J connectivity index is 1.91. The molecule has 0 aliphatic heterocycles. The van der Waals surface area contributed by atoms with E-state index in [0.717, 1.165) is 11.1 Å². The van der Waals surface area contributed by atoms with E-state index in [9.17, 15) is 4.79 Å². The Labute approximate surface area is 215 Å². The molecule has 0 unspecified atom stereocenters. The molecule has 7 nitrogen and oxygen atoms in total. The first kappa shape index (κ1) is 26.5. The van der Waals surface area contributed by atoms with Gasteiger partial charge in [-0.25, -0.2) is 0 Å². The van der Waals surface area contributed by atoms with Gasteiger partial charge in [0.25, 0.3) is 0 Å². The molecule has 0 atom stereocenters. The van der Waals surface area contributed by atoms with Gasteiger partial charge in [-0.15, -0.1) is 0 Å². The highest BCUT2D eigenvalue weighted by atomic mass is 35.5. The van der Waals surface area contributed by atoms with Gasteiger partial charge in [0, 0.05) is 24.0 Å². The van der Waals surface area contributed by atoms with E-state index in [4.69, 9.17) is 35.3 Å². The molecule has 8 heteroatoms. The number of allylic oxidation sites excluding steroid dienone is 1. The lowest BCUT2D eigenvalue weighted by molar-refractivity contribution is 0.104. The SMILES string of the molecule is COc1cc(NC=CC(=O)c2ccccc2OC)c(C=Cc2cc(OC)c(OC)c(OC)c2)cc1Cl. The second kappa shape index (κ2) is 12.6. The molecule has 188 valence electrons. The van der Waals surface area contributed by atoms with Gasteiger partial charge in [0.1, 0.15) is 11.5 Å². The zero-order valence-corrected chi connectivity index (χ0v) is 21.5. The quantitative estimate of drug-likeness (QED) is 0.183. The summed E-state index contributed by atoms with van der Waals surface area (Å²) < 4.78 is 26.9.